The lowest BCUT2D eigenvalue weighted by Crippen LogP contribution is -2.41. The highest BCUT2D eigenvalue weighted by atomic mass is 19.4. The summed E-state index contributed by atoms with van der Waals surface area (Å²) < 4.78 is 40.2. The molecule has 1 aliphatic heterocycles. The molecule has 0 spiro atoms. The molecule has 1 aromatic carbocycles. The molecule has 0 aliphatic carbocycles. The Labute approximate surface area is 170 Å². The van der Waals surface area contributed by atoms with Gasteiger partial charge in [0.05, 0.1) is 11.5 Å². The van der Waals surface area contributed by atoms with Gasteiger partial charge in [-0.15, -0.1) is 10.2 Å². The number of anilines is 2. The van der Waals surface area contributed by atoms with Crippen LogP contribution in [0, 0.1) is 5.92 Å². The lowest BCUT2D eigenvalue weighted by molar-refractivity contribution is -0.137. The standard InChI is InChI=1S/C20H19F3N6O/c21-20(22,23)15-5-1-6-16(12-15)25-19(30)14-4-2-10-28(13-14)17-7-8-18(27-26-17)29-11-3-9-24-29/h1,3,5-9,11-12,14H,2,4,10,13H2,(H,25,30)/t14-/m0/s1. The number of nitrogens with one attached hydrogen (secondary N) is 1. The molecule has 0 saturated carbocycles. The third-order valence-electron chi connectivity index (χ3n) is 4.95. The quantitative estimate of drug-likeness (QED) is 0.704. The van der Waals surface area contributed by atoms with Crippen LogP contribution in [0.4, 0.5) is 24.7 Å². The summed E-state index contributed by atoms with van der Waals surface area (Å²) >= 11 is 0. The van der Waals surface area contributed by atoms with Crippen molar-refractivity contribution in [2.24, 2.45) is 5.92 Å². The first kappa shape index (κ1) is 19.9. The average Bonchev–Trinajstić information content (AvgIpc) is 3.28. The number of piperidine rings is 1. The van der Waals surface area contributed by atoms with E-state index in [4.69, 9.17) is 0 Å². The number of rotatable bonds is 4. The summed E-state index contributed by atoms with van der Waals surface area (Å²) in [5.41, 5.74) is -0.659. The Hall–Kier alpha value is -3.43. The first-order valence-corrected chi connectivity index (χ1v) is 9.47. The molecule has 3 aromatic rings. The Morgan fingerprint density at radius 2 is 1.90 bits per heavy atom. The van der Waals surface area contributed by atoms with E-state index < -0.39 is 11.7 Å². The van der Waals surface area contributed by atoms with E-state index in [1.54, 1.807) is 29.2 Å². The maximum atomic E-state index is 12.9. The fourth-order valence-corrected chi connectivity index (χ4v) is 3.43. The van der Waals surface area contributed by atoms with Crippen molar-refractivity contribution in [2.75, 3.05) is 23.3 Å². The van der Waals surface area contributed by atoms with Gasteiger partial charge in [-0.3, -0.25) is 4.79 Å². The number of nitrogens with zero attached hydrogens (tertiary/aromatic N) is 5. The van der Waals surface area contributed by atoms with Crippen LogP contribution in [0.5, 0.6) is 0 Å². The molecule has 1 atom stereocenters. The van der Waals surface area contributed by atoms with Crippen LogP contribution in [0.3, 0.4) is 0 Å². The van der Waals surface area contributed by atoms with Gasteiger partial charge in [0.1, 0.15) is 0 Å². The van der Waals surface area contributed by atoms with Crippen LogP contribution >= 0.6 is 0 Å². The van der Waals surface area contributed by atoms with Crippen molar-refractivity contribution >= 4 is 17.4 Å². The SMILES string of the molecule is O=C(Nc1cccc(C(F)(F)F)c1)[C@H]1CCCN(c2ccc(-n3cccn3)nn2)C1. The topological polar surface area (TPSA) is 75.9 Å². The molecule has 10 heteroatoms. The monoisotopic (exact) mass is 416 g/mol. The molecule has 0 bridgehead atoms. The second kappa shape index (κ2) is 8.13. The summed E-state index contributed by atoms with van der Waals surface area (Å²) in [6.07, 6.45) is 0.374. The lowest BCUT2D eigenvalue weighted by Gasteiger charge is -2.32. The molecule has 7 nitrogen and oxygen atoms in total. The van der Waals surface area contributed by atoms with Crippen molar-refractivity contribution < 1.29 is 18.0 Å². The lowest BCUT2D eigenvalue weighted by atomic mass is 9.97. The molecule has 3 heterocycles. The van der Waals surface area contributed by atoms with Crippen LogP contribution in [-0.2, 0) is 11.0 Å². The van der Waals surface area contributed by atoms with Crippen molar-refractivity contribution in [1.82, 2.24) is 20.0 Å². The minimum Gasteiger partial charge on any atom is -0.354 e. The number of hydrogen-bond donors (Lipinski definition) is 1. The van der Waals surface area contributed by atoms with Gasteiger partial charge >= 0.3 is 6.18 Å². The molecule has 4 rings (SSSR count). The van der Waals surface area contributed by atoms with Gasteiger partial charge in [-0.1, -0.05) is 6.07 Å². The maximum absolute atomic E-state index is 12.9. The third-order valence-corrected chi connectivity index (χ3v) is 4.95. The Kier molecular flexibility index (Phi) is 5.39. The minimum absolute atomic E-state index is 0.135. The summed E-state index contributed by atoms with van der Waals surface area (Å²) in [5.74, 6) is 0.558. The number of alkyl halides is 3. The molecule has 156 valence electrons. The maximum Gasteiger partial charge on any atom is 0.416 e. The van der Waals surface area contributed by atoms with Gasteiger partial charge in [-0.2, -0.15) is 18.3 Å². The van der Waals surface area contributed by atoms with E-state index in [9.17, 15) is 18.0 Å². The van der Waals surface area contributed by atoms with E-state index in [1.807, 2.05) is 11.0 Å². The van der Waals surface area contributed by atoms with Crippen LogP contribution in [0.2, 0.25) is 0 Å². The largest absolute Gasteiger partial charge is 0.416 e. The van der Waals surface area contributed by atoms with Crippen LogP contribution in [0.25, 0.3) is 5.82 Å². The molecule has 1 N–H and O–H groups in total. The van der Waals surface area contributed by atoms with Crippen molar-refractivity contribution in [3.05, 3.63) is 60.4 Å². The second-order valence-electron chi connectivity index (χ2n) is 7.05. The summed E-state index contributed by atoms with van der Waals surface area (Å²) in [4.78, 5) is 14.6. The summed E-state index contributed by atoms with van der Waals surface area (Å²) in [7, 11) is 0. The number of amides is 1. The first-order valence-electron chi connectivity index (χ1n) is 9.47. The van der Waals surface area contributed by atoms with Gasteiger partial charge < -0.3 is 10.2 Å². The average molecular weight is 416 g/mol. The number of hydrogen-bond acceptors (Lipinski definition) is 5. The number of halogens is 3. The van der Waals surface area contributed by atoms with Gasteiger partial charge in [0.25, 0.3) is 0 Å². The normalized spacial score (nSPS) is 17.0. The summed E-state index contributed by atoms with van der Waals surface area (Å²) in [5, 5.41) is 15.1. The molecule has 1 fully saturated rings. The van der Waals surface area contributed by atoms with E-state index in [2.05, 4.69) is 20.6 Å². The molecular formula is C20H19F3N6O. The predicted octanol–water partition coefficient (Wildman–Crippen LogP) is 3.54. The third kappa shape index (κ3) is 4.42. The van der Waals surface area contributed by atoms with E-state index in [1.165, 1.54) is 12.1 Å². The van der Waals surface area contributed by atoms with Crippen molar-refractivity contribution in [3.8, 4) is 5.82 Å². The van der Waals surface area contributed by atoms with E-state index in [0.717, 1.165) is 25.1 Å². The van der Waals surface area contributed by atoms with E-state index in [0.29, 0.717) is 24.6 Å². The number of carbonyl (C=O) groups is 1. The fourth-order valence-electron chi connectivity index (χ4n) is 3.43. The Morgan fingerprint density at radius 3 is 2.60 bits per heavy atom. The van der Waals surface area contributed by atoms with Crippen LogP contribution in [-0.4, -0.2) is 39.0 Å². The van der Waals surface area contributed by atoms with Gasteiger partial charge in [0.15, 0.2) is 11.6 Å². The zero-order valence-corrected chi connectivity index (χ0v) is 15.9. The molecule has 1 aliphatic rings. The molecule has 0 radical (unpaired) electrons. The molecular weight excluding hydrogens is 397 g/mol. The smallest absolute Gasteiger partial charge is 0.354 e. The fraction of sp³-hybridized carbons (Fsp3) is 0.300. The van der Waals surface area contributed by atoms with Crippen molar-refractivity contribution in [3.63, 3.8) is 0 Å². The van der Waals surface area contributed by atoms with E-state index in [-0.39, 0.29) is 17.5 Å². The number of aromatic nitrogens is 4. The first-order chi connectivity index (χ1) is 14.4. The zero-order valence-electron chi connectivity index (χ0n) is 15.9. The number of carbonyl (C=O) groups excluding carboxylic acids is 1. The predicted molar refractivity (Wildman–Crippen MR) is 104 cm³/mol. The zero-order chi connectivity index (χ0) is 21.1. The van der Waals surface area contributed by atoms with Crippen LogP contribution in [0.1, 0.15) is 18.4 Å². The van der Waals surface area contributed by atoms with Crippen LogP contribution in [0.15, 0.2) is 54.9 Å². The minimum atomic E-state index is -4.45. The van der Waals surface area contributed by atoms with Crippen molar-refractivity contribution in [1.29, 1.82) is 0 Å². The van der Waals surface area contributed by atoms with Gasteiger partial charge in [-0.25, -0.2) is 4.68 Å². The molecule has 1 amide bonds. The van der Waals surface area contributed by atoms with Gasteiger partial charge in [0.2, 0.25) is 5.91 Å². The summed E-state index contributed by atoms with van der Waals surface area (Å²) in [6.45, 7) is 1.14. The highest BCUT2D eigenvalue weighted by Gasteiger charge is 2.31. The van der Waals surface area contributed by atoms with Crippen LogP contribution < -0.4 is 10.2 Å². The molecule has 0 unspecified atom stereocenters. The number of benzene rings is 1. The molecule has 30 heavy (non-hydrogen) atoms. The second-order valence-corrected chi connectivity index (χ2v) is 7.05. The highest BCUT2D eigenvalue weighted by molar-refractivity contribution is 5.93. The molecule has 1 saturated heterocycles. The van der Waals surface area contributed by atoms with Gasteiger partial charge in [0, 0.05) is 31.2 Å². The van der Waals surface area contributed by atoms with Gasteiger partial charge in [-0.05, 0) is 49.2 Å². The van der Waals surface area contributed by atoms with Crippen molar-refractivity contribution in [2.45, 2.75) is 19.0 Å². The Bertz CT molecular complexity index is 1000. The molecule has 2 aromatic heterocycles. The Morgan fingerprint density at radius 1 is 1.10 bits per heavy atom. The summed E-state index contributed by atoms with van der Waals surface area (Å²) in [6, 6.07) is 10.0. The highest BCUT2D eigenvalue weighted by Crippen LogP contribution is 2.31. The Balaban J connectivity index is 1.42. The van der Waals surface area contributed by atoms with E-state index >= 15 is 0 Å².